The van der Waals surface area contributed by atoms with Crippen LogP contribution in [0.25, 0.3) is 32.6 Å². The van der Waals surface area contributed by atoms with Crippen LogP contribution in [0.2, 0.25) is 0 Å². The Balaban J connectivity index is 1.18. The number of esters is 1. The Labute approximate surface area is 272 Å². The molecule has 1 amide bonds. The van der Waals surface area contributed by atoms with Crippen LogP contribution in [-0.2, 0) is 27.9 Å². The quantitative estimate of drug-likeness (QED) is 0.158. The summed E-state index contributed by atoms with van der Waals surface area (Å²) in [5, 5.41) is 0. The van der Waals surface area contributed by atoms with Gasteiger partial charge in [0.25, 0.3) is 0 Å². The van der Waals surface area contributed by atoms with Crippen molar-refractivity contribution in [1.82, 2.24) is 4.57 Å². The first kappa shape index (κ1) is 30.1. The number of fused-ring (bicyclic) bond motifs is 1. The summed E-state index contributed by atoms with van der Waals surface area (Å²) < 4.78 is 20.5. The second-order valence-corrected chi connectivity index (χ2v) is 12.6. The van der Waals surface area contributed by atoms with Gasteiger partial charge in [-0.2, -0.15) is 0 Å². The van der Waals surface area contributed by atoms with E-state index in [1.165, 1.54) is 11.3 Å². The molecule has 7 rings (SSSR count). The van der Waals surface area contributed by atoms with Gasteiger partial charge in [0, 0.05) is 55.6 Å². The van der Waals surface area contributed by atoms with Crippen LogP contribution in [0.15, 0.2) is 78.9 Å². The monoisotopic (exact) mass is 635 g/mol. The number of carbonyl (C=O) groups excluding carboxylic acids is 2. The van der Waals surface area contributed by atoms with Gasteiger partial charge in [0.05, 0.1) is 35.7 Å². The van der Waals surface area contributed by atoms with Crippen LogP contribution in [0.4, 0.5) is 11.4 Å². The standard InChI is InChI=1S/C37H37N3O5S/c1-3-44-37(42)32-23-31-36(46-32)34(25-8-5-4-6-9-25)35(38(31)2)26-11-14-29(15-12-26)45-24-27-22-28(40-17-7-10-33(40)41)13-16-30(27)39-18-20-43-21-19-39/h4-6,8-9,11-16,22-23H,3,7,10,17-21,24H2,1-2H3. The average Bonchev–Trinajstić information content (AvgIpc) is 3.80. The van der Waals surface area contributed by atoms with E-state index in [1.807, 2.05) is 55.3 Å². The zero-order valence-corrected chi connectivity index (χ0v) is 27.0. The number of thiophene rings is 1. The topological polar surface area (TPSA) is 73.2 Å². The first-order valence-electron chi connectivity index (χ1n) is 15.9. The number of morpholine rings is 1. The number of ether oxygens (including phenoxy) is 3. The summed E-state index contributed by atoms with van der Waals surface area (Å²) in [5.74, 6) is 0.649. The number of hydrogen-bond acceptors (Lipinski definition) is 7. The van der Waals surface area contributed by atoms with Crippen LogP contribution in [0.5, 0.6) is 5.75 Å². The van der Waals surface area contributed by atoms with Crippen LogP contribution in [0.3, 0.4) is 0 Å². The van der Waals surface area contributed by atoms with Crippen molar-refractivity contribution < 1.29 is 23.8 Å². The van der Waals surface area contributed by atoms with Crippen molar-refractivity contribution in [2.24, 2.45) is 7.05 Å². The van der Waals surface area contributed by atoms with Crippen LogP contribution in [0.1, 0.15) is 35.0 Å². The van der Waals surface area contributed by atoms with Crippen LogP contribution in [0, 0.1) is 0 Å². The molecular weight excluding hydrogens is 598 g/mol. The van der Waals surface area contributed by atoms with E-state index in [-0.39, 0.29) is 11.9 Å². The van der Waals surface area contributed by atoms with Gasteiger partial charge < -0.3 is 28.6 Å². The summed E-state index contributed by atoms with van der Waals surface area (Å²) >= 11 is 1.47. The molecule has 0 radical (unpaired) electrons. The molecule has 0 unspecified atom stereocenters. The highest BCUT2D eigenvalue weighted by atomic mass is 32.1. The summed E-state index contributed by atoms with van der Waals surface area (Å²) in [6.07, 6.45) is 1.49. The zero-order valence-electron chi connectivity index (χ0n) is 26.2. The van der Waals surface area contributed by atoms with Crippen molar-refractivity contribution >= 4 is 44.8 Å². The molecule has 0 N–H and O–H groups in total. The fourth-order valence-corrected chi connectivity index (χ4v) is 7.63. The molecule has 2 fully saturated rings. The molecule has 0 saturated carbocycles. The minimum Gasteiger partial charge on any atom is -0.489 e. The number of nitrogens with zero attached hydrogens (tertiary/aromatic N) is 3. The van der Waals surface area contributed by atoms with E-state index in [0.29, 0.717) is 37.7 Å². The lowest BCUT2D eigenvalue weighted by molar-refractivity contribution is -0.117. The molecular formula is C37H37N3O5S. The third kappa shape index (κ3) is 5.76. The first-order chi connectivity index (χ1) is 22.5. The normalized spacial score (nSPS) is 15.1. The van der Waals surface area contributed by atoms with Crippen molar-refractivity contribution in [2.45, 2.75) is 26.4 Å². The van der Waals surface area contributed by atoms with E-state index in [4.69, 9.17) is 14.2 Å². The number of carbonyl (C=O) groups is 2. The maximum Gasteiger partial charge on any atom is 0.348 e. The van der Waals surface area contributed by atoms with E-state index in [0.717, 1.165) is 81.3 Å². The van der Waals surface area contributed by atoms with Gasteiger partial charge in [0.1, 0.15) is 17.2 Å². The minimum atomic E-state index is -0.292. The van der Waals surface area contributed by atoms with E-state index < -0.39 is 0 Å². The van der Waals surface area contributed by atoms with E-state index in [1.54, 1.807) is 0 Å². The van der Waals surface area contributed by atoms with Gasteiger partial charge in [-0.1, -0.05) is 30.3 Å². The predicted molar refractivity (Wildman–Crippen MR) is 183 cm³/mol. The van der Waals surface area contributed by atoms with Crippen molar-refractivity contribution in [3.05, 3.63) is 89.3 Å². The highest BCUT2D eigenvalue weighted by Gasteiger charge is 2.25. The average molecular weight is 636 g/mol. The maximum absolute atomic E-state index is 12.6. The second kappa shape index (κ2) is 13.0. The second-order valence-electron chi connectivity index (χ2n) is 11.6. The molecule has 2 saturated heterocycles. The fraction of sp³-hybridized carbons (Fsp3) is 0.297. The number of aromatic nitrogens is 1. The largest absolute Gasteiger partial charge is 0.489 e. The summed E-state index contributed by atoms with van der Waals surface area (Å²) in [4.78, 5) is 29.9. The molecule has 0 atom stereocenters. The third-order valence-electron chi connectivity index (χ3n) is 8.73. The van der Waals surface area contributed by atoms with Gasteiger partial charge in [0.15, 0.2) is 0 Å². The summed E-state index contributed by atoms with van der Waals surface area (Å²) in [6, 6.07) is 26.7. The van der Waals surface area contributed by atoms with E-state index in [2.05, 4.69) is 51.9 Å². The smallest absolute Gasteiger partial charge is 0.348 e. The molecule has 2 aliphatic heterocycles. The third-order valence-corrected chi connectivity index (χ3v) is 9.86. The van der Waals surface area contributed by atoms with Crippen LogP contribution >= 0.6 is 11.3 Å². The Morgan fingerprint density at radius 1 is 0.935 bits per heavy atom. The highest BCUT2D eigenvalue weighted by molar-refractivity contribution is 7.21. The van der Waals surface area contributed by atoms with Crippen LogP contribution in [-0.4, -0.2) is 55.9 Å². The SMILES string of the molecule is CCOC(=O)c1cc2c(s1)c(-c1ccccc1)c(-c1ccc(OCc3cc(N4CCCC4=O)ccc3N3CCOCC3)cc1)n2C. The molecule has 236 valence electrons. The molecule has 9 heteroatoms. The number of rotatable bonds is 9. The molecule has 0 bridgehead atoms. The molecule has 0 spiro atoms. The Kier molecular flexibility index (Phi) is 8.51. The molecule has 2 aliphatic rings. The maximum atomic E-state index is 12.6. The Hall–Kier alpha value is -4.60. The lowest BCUT2D eigenvalue weighted by Gasteiger charge is -2.31. The summed E-state index contributed by atoms with van der Waals surface area (Å²) in [7, 11) is 2.04. The van der Waals surface area contributed by atoms with Gasteiger partial charge in [-0.25, -0.2) is 4.79 Å². The van der Waals surface area contributed by atoms with Crippen molar-refractivity contribution in [2.75, 3.05) is 49.3 Å². The molecule has 5 aromatic rings. The van der Waals surface area contributed by atoms with Gasteiger partial charge in [-0.05, 0) is 73.0 Å². The van der Waals surface area contributed by atoms with Crippen molar-refractivity contribution in [3.8, 4) is 28.1 Å². The lowest BCUT2D eigenvalue weighted by atomic mass is 10.0. The van der Waals surface area contributed by atoms with Crippen LogP contribution < -0.4 is 14.5 Å². The summed E-state index contributed by atoms with van der Waals surface area (Å²) in [5.41, 5.74) is 8.41. The zero-order chi connectivity index (χ0) is 31.6. The lowest BCUT2D eigenvalue weighted by Crippen LogP contribution is -2.37. The number of hydrogen-bond donors (Lipinski definition) is 0. The van der Waals surface area contributed by atoms with Crippen molar-refractivity contribution in [1.29, 1.82) is 0 Å². The molecule has 3 aromatic carbocycles. The Morgan fingerprint density at radius 3 is 2.43 bits per heavy atom. The van der Waals surface area contributed by atoms with Gasteiger partial charge >= 0.3 is 5.97 Å². The van der Waals surface area contributed by atoms with E-state index in [9.17, 15) is 9.59 Å². The molecule has 4 heterocycles. The number of benzene rings is 3. The first-order valence-corrected chi connectivity index (χ1v) is 16.7. The van der Waals surface area contributed by atoms with Crippen molar-refractivity contribution in [3.63, 3.8) is 0 Å². The Morgan fingerprint density at radius 2 is 1.72 bits per heavy atom. The molecule has 46 heavy (non-hydrogen) atoms. The fourth-order valence-electron chi connectivity index (χ4n) is 6.48. The number of aryl methyl sites for hydroxylation is 1. The Bertz CT molecular complexity index is 1870. The molecule has 8 nitrogen and oxygen atoms in total. The van der Waals surface area contributed by atoms with Gasteiger partial charge in [0.2, 0.25) is 5.91 Å². The minimum absolute atomic E-state index is 0.175. The predicted octanol–water partition coefficient (Wildman–Crippen LogP) is 7.29. The molecule has 0 aliphatic carbocycles. The summed E-state index contributed by atoms with van der Waals surface area (Å²) in [6.45, 7) is 6.34. The number of anilines is 2. The molecule has 2 aromatic heterocycles. The van der Waals surface area contributed by atoms with Gasteiger partial charge in [-0.3, -0.25) is 4.79 Å². The number of amides is 1. The van der Waals surface area contributed by atoms with E-state index >= 15 is 0 Å². The van der Waals surface area contributed by atoms with Gasteiger partial charge in [-0.15, -0.1) is 11.3 Å². The highest BCUT2D eigenvalue weighted by Crippen LogP contribution is 2.44.